The van der Waals surface area contributed by atoms with Crippen molar-refractivity contribution in [3.63, 3.8) is 0 Å². The van der Waals surface area contributed by atoms with E-state index >= 15 is 0 Å². The van der Waals surface area contributed by atoms with Gasteiger partial charge in [0.05, 0.1) is 4.91 Å². The number of thioether (sulfide) groups is 1. The summed E-state index contributed by atoms with van der Waals surface area (Å²) in [5, 5.41) is 2.89. The molecule has 0 aromatic heterocycles. The molecule has 3 rings (SSSR count). The second kappa shape index (κ2) is 6.13. The number of hydrogen-bond acceptors (Lipinski definition) is 5. The lowest BCUT2D eigenvalue weighted by atomic mass is 10.2. The number of rotatable bonds is 2. The van der Waals surface area contributed by atoms with Crippen LogP contribution < -0.4 is 14.8 Å². The van der Waals surface area contributed by atoms with E-state index in [9.17, 15) is 9.59 Å². The van der Waals surface area contributed by atoms with Crippen LogP contribution >= 0.6 is 27.7 Å². The SMILES string of the molecule is CCC(=O)NC1=NC(=O)/C(=C/c2cc3c(cc2Br)OCO3)S1. The van der Waals surface area contributed by atoms with E-state index in [1.54, 1.807) is 25.1 Å². The monoisotopic (exact) mass is 382 g/mol. The van der Waals surface area contributed by atoms with E-state index in [4.69, 9.17) is 9.47 Å². The van der Waals surface area contributed by atoms with E-state index in [-0.39, 0.29) is 18.6 Å². The number of nitrogens with zero attached hydrogens (tertiary/aromatic N) is 1. The van der Waals surface area contributed by atoms with E-state index in [0.29, 0.717) is 28.0 Å². The first-order valence-corrected chi connectivity index (χ1v) is 8.09. The Kier molecular flexibility index (Phi) is 4.21. The number of fused-ring (bicyclic) bond motifs is 1. The summed E-state index contributed by atoms with van der Waals surface area (Å²) in [6.07, 6.45) is 2.04. The van der Waals surface area contributed by atoms with Gasteiger partial charge < -0.3 is 14.8 Å². The highest BCUT2D eigenvalue weighted by atomic mass is 79.9. The summed E-state index contributed by atoms with van der Waals surface area (Å²) in [6, 6.07) is 3.58. The molecule has 0 bridgehead atoms. The van der Waals surface area contributed by atoms with Gasteiger partial charge in [-0.15, -0.1) is 0 Å². The van der Waals surface area contributed by atoms with Gasteiger partial charge in [0.25, 0.3) is 5.91 Å². The van der Waals surface area contributed by atoms with Gasteiger partial charge in [-0.3, -0.25) is 9.59 Å². The first-order valence-electron chi connectivity index (χ1n) is 6.48. The molecule has 2 amide bonds. The van der Waals surface area contributed by atoms with Gasteiger partial charge in [-0.2, -0.15) is 4.99 Å². The molecule has 0 fully saturated rings. The molecule has 0 saturated heterocycles. The first-order chi connectivity index (χ1) is 10.6. The average Bonchev–Trinajstić information content (AvgIpc) is 3.06. The van der Waals surface area contributed by atoms with Crippen LogP contribution in [0.4, 0.5) is 0 Å². The number of halogens is 1. The van der Waals surface area contributed by atoms with Crippen LogP contribution in [0.1, 0.15) is 18.9 Å². The van der Waals surface area contributed by atoms with Crippen molar-refractivity contribution in [1.29, 1.82) is 0 Å². The van der Waals surface area contributed by atoms with Gasteiger partial charge in [-0.05, 0) is 35.5 Å². The highest BCUT2D eigenvalue weighted by Crippen LogP contribution is 2.39. The van der Waals surface area contributed by atoms with Gasteiger partial charge in [-0.25, -0.2) is 0 Å². The fraction of sp³-hybridized carbons (Fsp3) is 0.214. The van der Waals surface area contributed by atoms with Crippen molar-refractivity contribution in [1.82, 2.24) is 5.32 Å². The molecular formula is C14H11BrN2O4S. The minimum absolute atomic E-state index is 0.176. The highest BCUT2D eigenvalue weighted by Gasteiger charge is 2.24. The fourth-order valence-corrected chi connectivity index (χ4v) is 3.11. The normalized spacial score (nSPS) is 17.8. The standard InChI is InChI=1S/C14H11BrN2O4S/c1-2-12(18)16-14-17-13(19)11(22-14)4-7-3-9-10(5-8(7)15)21-6-20-9/h3-5H,2,6H2,1H3,(H,16,17,18,19)/b11-4-. The molecule has 1 N–H and O–H groups in total. The molecule has 6 nitrogen and oxygen atoms in total. The van der Waals surface area contributed by atoms with Gasteiger partial charge in [0, 0.05) is 10.9 Å². The van der Waals surface area contributed by atoms with Crippen LogP contribution in [0.25, 0.3) is 6.08 Å². The van der Waals surface area contributed by atoms with E-state index in [1.165, 1.54) is 0 Å². The molecule has 22 heavy (non-hydrogen) atoms. The van der Waals surface area contributed by atoms with Gasteiger partial charge in [0.1, 0.15) is 0 Å². The summed E-state index contributed by atoms with van der Waals surface area (Å²) >= 11 is 4.57. The molecular weight excluding hydrogens is 372 g/mol. The number of amidine groups is 1. The maximum absolute atomic E-state index is 11.9. The number of nitrogens with one attached hydrogen (secondary N) is 1. The predicted octanol–water partition coefficient (Wildman–Crippen LogP) is 2.67. The highest BCUT2D eigenvalue weighted by molar-refractivity contribution is 9.10. The number of hydrogen-bond donors (Lipinski definition) is 1. The quantitative estimate of drug-likeness (QED) is 0.795. The molecule has 0 atom stereocenters. The summed E-state index contributed by atoms with van der Waals surface area (Å²) in [5.41, 5.74) is 0.776. The van der Waals surface area contributed by atoms with Crippen LogP contribution in [0, 0.1) is 0 Å². The minimum atomic E-state index is -0.374. The second-order valence-electron chi connectivity index (χ2n) is 4.46. The molecule has 2 heterocycles. The molecule has 1 aromatic rings. The smallest absolute Gasteiger partial charge is 0.286 e. The van der Waals surface area contributed by atoms with E-state index < -0.39 is 0 Å². The molecule has 114 valence electrons. The lowest BCUT2D eigenvalue weighted by Crippen LogP contribution is -2.26. The Bertz CT molecular complexity index is 730. The summed E-state index contributed by atoms with van der Waals surface area (Å²) in [5.74, 6) is 0.739. The molecule has 1 aromatic carbocycles. The van der Waals surface area contributed by atoms with Crippen molar-refractivity contribution in [2.75, 3.05) is 6.79 Å². The summed E-state index contributed by atoms with van der Waals surface area (Å²) in [6.45, 7) is 1.92. The molecule has 8 heteroatoms. The Morgan fingerprint density at radius 1 is 1.45 bits per heavy atom. The van der Waals surface area contributed by atoms with Crippen LogP contribution in [0.2, 0.25) is 0 Å². The number of carbonyl (C=O) groups excluding carboxylic acids is 2. The summed E-state index contributed by atoms with van der Waals surface area (Å²) in [7, 11) is 0. The van der Waals surface area contributed by atoms with Crippen LogP contribution in [0.5, 0.6) is 11.5 Å². The predicted molar refractivity (Wildman–Crippen MR) is 86.7 cm³/mol. The third-order valence-corrected chi connectivity index (χ3v) is 4.55. The van der Waals surface area contributed by atoms with Crippen molar-refractivity contribution in [2.45, 2.75) is 13.3 Å². The van der Waals surface area contributed by atoms with E-state index in [2.05, 4.69) is 26.2 Å². The molecule has 2 aliphatic rings. The second-order valence-corrected chi connectivity index (χ2v) is 6.35. The average molecular weight is 383 g/mol. The Labute approximate surface area is 139 Å². The maximum Gasteiger partial charge on any atom is 0.286 e. The number of amides is 2. The molecule has 0 unspecified atom stereocenters. The van der Waals surface area contributed by atoms with Crippen LogP contribution in [0.15, 0.2) is 26.5 Å². The van der Waals surface area contributed by atoms with Crippen molar-refractivity contribution in [2.24, 2.45) is 4.99 Å². The van der Waals surface area contributed by atoms with E-state index in [0.717, 1.165) is 21.8 Å². The zero-order valence-corrected chi connectivity index (χ0v) is 13.9. The third-order valence-electron chi connectivity index (χ3n) is 2.97. The van der Waals surface area contributed by atoms with Crippen molar-refractivity contribution in [3.05, 3.63) is 27.1 Å². The third kappa shape index (κ3) is 3.02. The van der Waals surface area contributed by atoms with Crippen LogP contribution in [0.3, 0.4) is 0 Å². The van der Waals surface area contributed by atoms with Crippen molar-refractivity contribution in [3.8, 4) is 11.5 Å². The fourth-order valence-electron chi connectivity index (χ4n) is 1.86. The zero-order valence-electron chi connectivity index (χ0n) is 11.5. The number of carbonyl (C=O) groups is 2. The Balaban J connectivity index is 1.82. The van der Waals surface area contributed by atoms with Crippen molar-refractivity contribution < 1.29 is 19.1 Å². The van der Waals surface area contributed by atoms with Crippen molar-refractivity contribution >= 4 is 50.7 Å². The van der Waals surface area contributed by atoms with Gasteiger partial charge >= 0.3 is 0 Å². The number of ether oxygens (including phenoxy) is 2. The van der Waals surface area contributed by atoms with Gasteiger partial charge in [0.15, 0.2) is 16.7 Å². The van der Waals surface area contributed by atoms with E-state index in [1.807, 2.05) is 0 Å². The Morgan fingerprint density at radius 3 is 2.91 bits per heavy atom. The number of benzene rings is 1. The Hall–Kier alpha value is -1.80. The van der Waals surface area contributed by atoms with Crippen LogP contribution in [-0.4, -0.2) is 23.8 Å². The maximum atomic E-state index is 11.9. The lowest BCUT2D eigenvalue weighted by Gasteiger charge is -2.03. The topological polar surface area (TPSA) is 77.0 Å². The lowest BCUT2D eigenvalue weighted by molar-refractivity contribution is -0.119. The first kappa shape index (κ1) is 15.1. The van der Waals surface area contributed by atoms with Crippen LogP contribution in [-0.2, 0) is 9.59 Å². The summed E-state index contributed by atoms with van der Waals surface area (Å²) < 4.78 is 11.4. The Morgan fingerprint density at radius 2 is 2.18 bits per heavy atom. The largest absolute Gasteiger partial charge is 0.454 e. The molecule has 0 radical (unpaired) electrons. The molecule has 0 spiro atoms. The van der Waals surface area contributed by atoms with Gasteiger partial charge in [0.2, 0.25) is 12.7 Å². The minimum Gasteiger partial charge on any atom is -0.454 e. The molecule has 0 aliphatic carbocycles. The number of aliphatic imine (C=N–C) groups is 1. The summed E-state index contributed by atoms with van der Waals surface area (Å²) in [4.78, 5) is 27.5. The zero-order chi connectivity index (χ0) is 15.7. The molecule has 2 aliphatic heterocycles. The van der Waals surface area contributed by atoms with Gasteiger partial charge in [-0.1, -0.05) is 22.9 Å². The molecule has 0 saturated carbocycles.